The summed E-state index contributed by atoms with van der Waals surface area (Å²) < 4.78 is 0. The molecule has 0 saturated carbocycles. The molecule has 1 aromatic heterocycles. The van der Waals surface area contributed by atoms with E-state index in [1.54, 1.807) is 12.4 Å². The maximum absolute atomic E-state index is 11.9. The van der Waals surface area contributed by atoms with Crippen LogP contribution < -0.4 is 5.32 Å². The van der Waals surface area contributed by atoms with Crippen LogP contribution in [0.4, 0.5) is 0 Å². The summed E-state index contributed by atoms with van der Waals surface area (Å²) in [7, 11) is 0. The third-order valence-electron chi connectivity index (χ3n) is 3.12. The molecule has 4 nitrogen and oxygen atoms in total. The predicted molar refractivity (Wildman–Crippen MR) is 69.8 cm³/mol. The number of aromatic amines is 1. The summed E-state index contributed by atoms with van der Waals surface area (Å²) in [6.07, 6.45) is 6.48. The van der Waals surface area contributed by atoms with Crippen molar-refractivity contribution in [2.45, 2.75) is 32.2 Å². The van der Waals surface area contributed by atoms with Crippen molar-refractivity contribution in [3.05, 3.63) is 18.2 Å². The largest absolute Gasteiger partial charge is 0.347 e. The maximum atomic E-state index is 11.9. The van der Waals surface area contributed by atoms with Crippen molar-refractivity contribution >= 4 is 17.7 Å². The Hall–Kier alpha value is -0.970. The van der Waals surface area contributed by atoms with Gasteiger partial charge in [-0.3, -0.25) is 4.79 Å². The van der Waals surface area contributed by atoms with Gasteiger partial charge >= 0.3 is 0 Å². The lowest BCUT2D eigenvalue weighted by Crippen LogP contribution is -2.29. The van der Waals surface area contributed by atoms with E-state index >= 15 is 0 Å². The lowest BCUT2D eigenvalue weighted by atomic mass is 9.98. The van der Waals surface area contributed by atoms with Gasteiger partial charge in [-0.1, -0.05) is 0 Å². The second-order valence-corrected chi connectivity index (χ2v) is 5.75. The first-order valence-corrected chi connectivity index (χ1v) is 7.27. The number of aromatic nitrogens is 2. The van der Waals surface area contributed by atoms with Gasteiger partial charge in [-0.05, 0) is 37.2 Å². The number of thioether (sulfide) groups is 1. The van der Waals surface area contributed by atoms with Gasteiger partial charge in [0.15, 0.2) is 0 Å². The maximum Gasteiger partial charge on any atom is 0.220 e. The Morgan fingerprint density at radius 2 is 2.41 bits per heavy atom. The summed E-state index contributed by atoms with van der Waals surface area (Å²) in [4.78, 5) is 19.0. The Balaban J connectivity index is 1.76. The fraction of sp³-hybridized carbons (Fsp3) is 0.667. The van der Waals surface area contributed by atoms with Gasteiger partial charge in [-0.15, -0.1) is 0 Å². The molecule has 1 fully saturated rings. The van der Waals surface area contributed by atoms with Gasteiger partial charge in [0.1, 0.15) is 5.82 Å². The highest BCUT2D eigenvalue weighted by Gasteiger charge is 2.19. The van der Waals surface area contributed by atoms with E-state index in [1.165, 1.54) is 24.3 Å². The van der Waals surface area contributed by atoms with Crippen molar-refractivity contribution < 1.29 is 4.79 Å². The standard InChI is InChI=1S/C12H19N3OS/c1-9(12-13-4-5-14-12)15-11(16)8-10-2-6-17-7-3-10/h4-5,9-10H,2-3,6-8H2,1H3,(H,13,14)(H,15,16). The number of H-pyrrole nitrogens is 1. The average molecular weight is 253 g/mol. The van der Waals surface area contributed by atoms with Gasteiger partial charge in [0.25, 0.3) is 0 Å². The van der Waals surface area contributed by atoms with Crippen molar-refractivity contribution in [1.29, 1.82) is 0 Å². The molecular weight excluding hydrogens is 234 g/mol. The Morgan fingerprint density at radius 3 is 3.06 bits per heavy atom. The third kappa shape index (κ3) is 3.77. The van der Waals surface area contributed by atoms with Crippen LogP contribution in [0.1, 0.15) is 38.1 Å². The number of carbonyl (C=O) groups is 1. The minimum Gasteiger partial charge on any atom is -0.347 e. The van der Waals surface area contributed by atoms with E-state index in [9.17, 15) is 4.79 Å². The second-order valence-electron chi connectivity index (χ2n) is 4.52. The van der Waals surface area contributed by atoms with Gasteiger partial charge in [0.2, 0.25) is 5.91 Å². The van der Waals surface area contributed by atoms with Gasteiger partial charge in [0, 0.05) is 18.8 Å². The number of nitrogens with one attached hydrogen (secondary N) is 2. The van der Waals surface area contributed by atoms with Crippen LogP contribution in [-0.2, 0) is 4.79 Å². The van der Waals surface area contributed by atoms with E-state index < -0.39 is 0 Å². The fourth-order valence-corrected chi connectivity index (χ4v) is 3.30. The van der Waals surface area contributed by atoms with E-state index in [0.717, 1.165) is 5.82 Å². The quantitative estimate of drug-likeness (QED) is 0.864. The molecule has 2 rings (SSSR count). The van der Waals surface area contributed by atoms with E-state index in [2.05, 4.69) is 15.3 Å². The van der Waals surface area contributed by atoms with Crippen molar-refractivity contribution in [3.8, 4) is 0 Å². The number of hydrogen-bond acceptors (Lipinski definition) is 3. The van der Waals surface area contributed by atoms with Crippen molar-refractivity contribution in [3.63, 3.8) is 0 Å². The van der Waals surface area contributed by atoms with Crippen molar-refractivity contribution in [2.24, 2.45) is 5.92 Å². The lowest BCUT2D eigenvalue weighted by molar-refractivity contribution is -0.122. The zero-order valence-corrected chi connectivity index (χ0v) is 10.9. The molecule has 0 aliphatic carbocycles. The molecular formula is C12H19N3OS. The summed E-state index contributed by atoms with van der Waals surface area (Å²) >= 11 is 1.99. The normalized spacial score (nSPS) is 18.9. The van der Waals surface area contributed by atoms with E-state index in [4.69, 9.17) is 0 Å². The van der Waals surface area contributed by atoms with Crippen LogP contribution in [0.15, 0.2) is 12.4 Å². The highest BCUT2D eigenvalue weighted by atomic mass is 32.2. The van der Waals surface area contributed by atoms with Crippen LogP contribution >= 0.6 is 11.8 Å². The molecule has 1 aromatic rings. The van der Waals surface area contributed by atoms with Crippen LogP contribution in [0.2, 0.25) is 0 Å². The fourth-order valence-electron chi connectivity index (χ4n) is 2.10. The summed E-state index contributed by atoms with van der Waals surface area (Å²) in [5.74, 6) is 3.93. The molecule has 2 heterocycles. The average Bonchev–Trinajstić information content (AvgIpc) is 2.83. The number of imidazole rings is 1. The highest BCUT2D eigenvalue weighted by Crippen LogP contribution is 2.25. The molecule has 1 atom stereocenters. The predicted octanol–water partition coefficient (Wildman–Crippen LogP) is 2.12. The van der Waals surface area contributed by atoms with Gasteiger partial charge in [-0.2, -0.15) is 11.8 Å². The summed E-state index contributed by atoms with van der Waals surface area (Å²) in [6.45, 7) is 1.95. The molecule has 17 heavy (non-hydrogen) atoms. The second kappa shape index (κ2) is 6.10. The van der Waals surface area contributed by atoms with Crippen LogP contribution in [0, 0.1) is 5.92 Å². The number of nitrogens with zero attached hydrogens (tertiary/aromatic N) is 1. The molecule has 5 heteroatoms. The zero-order valence-electron chi connectivity index (χ0n) is 10.1. The Kier molecular flexibility index (Phi) is 4.48. The minimum atomic E-state index is -0.0320. The van der Waals surface area contributed by atoms with Crippen LogP contribution in [-0.4, -0.2) is 27.4 Å². The Labute approximate surface area is 106 Å². The molecule has 1 aliphatic heterocycles. The first-order chi connectivity index (χ1) is 8.25. The third-order valence-corrected chi connectivity index (χ3v) is 4.17. The lowest BCUT2D eigenvalue weighted by Gasteiger charge is -2.21. The van der Waals surface area contributed by atoms with E-state index in [0.29, 0.717) is 12.3 Å². The van der Waals surface area contributed by atoms with E-state index in [-0.39, 0.29) is 11.9 Å². The number of rotatable bonds is 4. The molecule has 1 saturated heterocycles. The van der Waals surface area contributed by atoms with Crippen LogP contribution in [0.3, 0.4) is 0 Å². The summed E-state index contributed by atoms with van der Waals surface area (Å²) in [5.41, 5.74) is 0. The van der Waals surface area contributed by atoms with Crippen molar-refractivity contribution in [1.82, 2.24) is 15.3 Å². The van der Waals surface area contributed by atoms with Crippen LogP contribution in [0.5, 0.6) is 0 Å². The Morgan fingerprint density at radius 1 is 1.65 bits per heavy atom. The molecule has 0 bridgehead atoms. The molecule has 1 amide bonds. The summed E-state index contributed by atoms with van der Waals surface area (Å²) in [5, 5.41) is 2.99. The number of hydrogen-bond donors (Lipinski definition) is 2. The molecule has 94 valence electrons. The molecule has 0 spiro atoms. The van der Waals surface area contributed by atoms with Gasteiger partial charge in [-0.25, -0.2) is 4.98 Å². The molecule has 0 aromatic carbocycles. The molecule has 1 aliphatic rings. The number of amides is 1. The van der Waals surface area contributed by atoms with Crippen LogP contribution in [0.25, 0.3) is 0 Å². The van der Waals surface area contributed by atoms with Crippen molar-refractivity contribution in [2.75, 3.05) is 11.5 Å². The summed E-state index contributed by atoms with van der Waals surface area (Å²) in [6, 6.07) is -0.0320. The Bertz CT molecular complexity index is 347. The number of carbonyl (C=O) groups excluding carboxylic acids is 1. The zero-order chi connectivity index (χ0) is 12.1. The topological polar surface area (TPSA) is 57.8 Å². The van der Waals surface area contributed by atoms with E-state index in [1.807, 2.05) is 18.7 Å². The monoisotopic (exact) mass is 253 g/mol. The SMILES string of the molecule is CC(NC(=O)CC1CCSCC1)c1ncc[nH]1. The molecule has 1 unspecified atom stereocenters. The molecule has 0 radical (unpaired) electrons. The van der Waals surface area contributed by atoms with Gasteiger partial charge in [0.05, 0.1) is 6.04 Å². The smallest absolute Gasteiger partial charge is 0.220 e. The molecule has 2 N–H and O–H groups in total. The first-order valence-electron chi connectivity index (χ1n) is 6.12. The van der Waals surface area contributed by atoms with Gasteiger partial charge < -0.3 is 10.3 Å². The highest BCUT2D eigenvalue weighted by molar-refractivity contribution is 7.99. The minimum absolute atomic E-state index is 0.0320. The first kappa shape index (κ1) is 12.5.